The number of nitrogens with zero attached hydrogens (tertiary/aromatic N) is 1. The van der Waals surface area contributed by atoms with Gasteiger partial charge in [0.1, 0.15) is 12.1 Å². The van der Waals surface area contributed by atoms with Crippen molar-refractivity contribution in [2.24, 2.45) is 5.92 Å². The summed E-state index contributed by atoms with van der Waals surface area (Å²) in [5, 5.41) is 18.9. The molecule has 9 heteroatoms. The summed E-state index contributed by atoms with van der Waals surface area (Å²) in [5.41, 5.74) is 1.77. The minimum atomic E-state index is -1.11. The van der Waals surface area contributed by atoms with Crippen molar-refractivity contribution < 1.29 is 24.3 Å². The molecule has 3 aliphatic rings. The van der Waals surface area contributed by atoms with Gasteiger partial charge in [0.2, 0.25) is 17.7 Å². The molecule has 1 saturated carbocycles. The Labute approximate surface area is 247 Å². The fraction of sp³-hybridized carbons (Fsp3) is 0.515. The highest BCUT2D eigenvalue weighted by Gasteiger charge is 2.49. The molecule has 2 heterocycles. The maximum atomic E-state index is 13.9. The lowest BCUT2D eigenvalue weighted by atomic mass is 9.84. The average molecular weight is 575 g/mol. The second-order valence-corrected chi connectivity index (χ2v) is 12.0. The molecule has 2 aliphatic heterocycles. The molecule has 0 spiro atoms. The molecule has 0 radical (unpaired) electrons. The number of benzene rings is 2. The van der Waals surface area contributed by atoms with Gasteiger partial charge in [-0.3, -0.25) is 14.4 Å². The zero-order chi connectivity index (χ0) is 29.5. The standard InChI is InChI=1S/C33H42N4O5/c38-30(36-27(33(41)42)19-23-12-5-2-6-13-23)21-25(18-22-10-3-1-4-11-22)35-31(39)29-20-24-14-7-8-16-28(24)37(29)32(40)26-15-9-17-34-26/h1-6,10-13,24-29,34H,7-9,14-21H2,(H,35,39)(H,36,38)(H,41,42). The van der Waals surface area contributed by atoms with Gasteiger partial charge in [0.05, 0.1) is 6.04 Å². The fourth-order valence-electron chi connectivity index (χ4n) is 6.98. The second kappa shape index (κ2) is 14.0. The lowest BCUT2D eigenvalue weighted by Gasteiger charge is -2.35. The van der Waals surface area contributed by atoms with E-state index in [-0.39, 0.29) is 36.7 Å². The number of nitrogens with one attached hydrogen (secondary N) is 3. The van der Waals surface area contributed by atoms with Crippen molar-refractivity contribution in [1.29, 1.82) is 0 Å². The Morgan fingerprint density at radius 1 is 0.857 bits per heavy atom. The van der Waals surface area contributed by atoms with Crippen LogP contribution in [0.4, 0.5) is 0 Å². The molecule has 3 amide bonds. The van der Waals surface area contributed by atoms with E-state index in [0.717, 1.165) is 56.2 Å². The van der Waals surface area contributed by atoms with Crippen molar-refractivity contribution >= 4 is 23.7 Å². The van der Waals surface area contributed by atoms with Gasteiger partial charge in [-0.1, -0.05) is 73.5 Å². The summed E-state index contributed by atoms with van der Waals surface area (Å²) < 4.78 is 0. The molecular formula is C33H42N4O5. The van der Waals surface area contributed by atoms with Gasteiger partial charge in [-0.25, -0.2) is 4.79 Å². The zero-order valence-corrected chi connectivity index (χ0v) is 24.0. The first kappa shape index (κ1) is 29.8. The van der Waals surface area contributed by atoms with Crippen molar-refractivity contribution in [2.45, 2.75) is 94.4 Å². The van der Waals surface area contributed by atoms with Crippen LogP contribution in [0.25, 0.3) is 0 Å². The number of carboxylic acids is 1. The number of likely N-dealkylation sites (tertiary alicyclic amines) is 1. The maximum absolute atomic E-state index is 13.9. The SMILES string of the molecule is O=C(CC(Cc1ccccc1)NC(=O)C1CC2CCCCC2N1C(=O)C1CCCN1)NC(Cc1ccccc1)C(=O)O. The molecule has 1 aliphatic carbocycles. The maximum Gasteiger partial charge on any atom is 0.326 e. The average Bonchev–Trinajstić information content (AvgIpc) is 3.66. The molecule has 42 heavy (non-hydrogen) atoms. The first-order chi connectivity index (χ1) is 20.4. The van der Waals surface area contributed by atoms with Gasteiger partial charge in [-0.15, -0.1) is 0 Å². The Bertz CT molecular complexity index is 1230. The molecule has 2 aromatic carbocycles. The van der Waals surface area contributed by atoms with Crippen molar-refractivity contribution in [2.75, 3.05) is 6.54 Å². The van der Waals surface area contributed by atoms with Crippen LogP contribution in [0.15, 0.2) is 60.7 Å². The number of fused-ring (bicyclic) bond motifs is 1. The van der Waals surface area contributed by atoms with E-state index in [1.54, 1.807) is 0 Å². The van der Waals surface area contributed by atoms with Gasteiger partial charge in [0, 0.05) is 24.9 Å². The minimum absolute atomic E-state index is 0.0182. The number of carboxylic acid groups (broad SMARTS) is 1. The van der Waals surface area contributed by atoms with Crippen LogP contribution >= 0.6 is 0 Å². The first-order valence-corrected chi connectivity index (χ1v) is 15.3. The van der Waals surface area contributed by atoms with E-state index in [9.17, 15) is 24.3 Å². The predicted octanol–water partition coefficient (Wildman–Crippen LogP) is 2.83. The highest BCUT2D eigenvalue weighted by molar-refractivity contribution is 5.91. The van der Waals surface area contributed by atoms with Crippen molar-refractivity contribution in [3.63, 3.8) is 0 Å². The summed E-state index contributed by atoms with van der Waals surface area (Å²) >= 11 is 0. The zero-order valence-electron chi connectivity index (χ0n) is 24.0. The Kier molecular flexibility index (Phi) is 9.89. The highest BCUT2D eigenvalue weighted by atomic mass is 16.4. The molecule has 6 atom stereocenters. The number of carbonyl (C=O) groups is 4. The summed E-state index contributed by atoms with van der Waals surface area (Å²) in [6.07, 6.45) is 6.98. The number of amides is 3. The quantitative estimate of drug-likeness (QED) is 0.327. The molecule has 3 fully saturated rings. The molecule has 0 bridgehead atoms. The third-order valence-corrected chi connectivity index (χ3v) is 9.02. The van der Waals surface area contributed by atoms with Crippen LogP contribution < -0.4 is 16.0 Å². The topological polar surface area (TPSA) is 128 Å². The van der Waals surface area contributed by atoms with Gasteiger partial charge >= 0.3 is 5.97 Å². The predicted molar refractivity (Wildman–Crippen MR) is 158 cm³/mol. The van der Waals surface area contributed by atoms with Crippen LogP contribution in [0.5, 0.6) is 0 Å². The van der Waals surface area contributed by atoms with Gasteiger partial charge in [0.15, 0.2) is 0 Å². The molecule has 5 rings (SSSR count). The van der Waals surface area contributed by atoms with Crippen LogP contribution in [0, 0.1) is 5.92 Å². The largest absolute Gasteiger partial charge is 0.480 e. The smallest absolute Gasteiger partial charge is 0.326 e. The minimum Gasteiger partial charge on any atom is -0.480 e. The fourth-order valence-corrected chi connectivity index (χ4v) is 6.98. The monoisotopic (exact) mass is 574 g/mol. The van der Waals surface area contributed by atoms with E-state index in [1.165, 1.54) is 0 Å². The van der Waals surface area contributed by atoms with E-state index in [2.05, 4.69) is 16.0 Å². The summed E-state index contributed by atoms with van der Waals surface area (Å²) in [6, 6.07) is 16.4. The lowest BCUT2D eigenvalue weighted by molar-refractivity contribution is -0.143. The van der Waals surface area contributed by atoms with E-state index in [1.807, 2.05) is 65.6 Å². The summed E-state index contributed by atoms with van der Waals surface area (Å²) in [6.45, 7) is 0.811. The van der Waals surface area contributed by atoms with Crippen molar-refractivity contribution in [3.05, 3.63) is 71.8 Å². The van der Waals surface area contributed by atoms with E-state index in [4.69, 9.17) is 0 Å². The Morgan fingerprint density at radius 2 is 1.52 bits per heavy atom. The van der Waals surface area contributed by atoms with Crippen LogP contribution in [-0.4, -0.2) is 70.5 Å². The van der Waals surface area contributed by atoms with E-state index in [0.29, 0.717) is 18.8 Å². The lowest BCUT2D eigenvalue weighted by Crippen LogP contribution is -2.56. The molecule has 4 N–H and O–H groups in total. The van der Waals surface area contributed by atoms with E-state index >= 15 is 0 Å². The Balaban J connectivity index is 1.30. The number of aliphatic carboxylic acids is 1. The van der Waals surface area contributed by atoms with Gasteiger partial charge in [-0.2, -0.15) is 0 Å². The molecular weight excluding hydrogens is 532 g/mol. The number of carbonyl (C=O) groups excluding carboxylic acids is 3. The van der Waals surface area contributed by atoms with Crippen LogP contribution in [0.3, 0.4) is 0 Å². The Hall–Kier alpha value is -3.72. The normalized spacial score (nSPS) is 24.8. The van der Waals surface area contributed by atoms with Gasteiger partial charge in [0.25, 0.3) is 0 Å². The number of hydrogen-bond acceptors (Lipinski definition) is 5. The third kappa shape index (κ3) is 7.37. The van der Waals surface area contributed by atoms with Crippen LogP contribution in [0.2, 0.25) is 0 Å². The molecule has 224 valence electrons. The van der Waals surface area contributed by atoms with Crippen LogP contribution in [-0.2, 0) is 32.0 Å². The molecule has 6 unspecified atom stereocenters. The summed E-state index contributed by atoms with van der Waals surface area (Å²) in [7, 11) is 0. The number of hydrogen-bond donors (Lipinski definition) is 4. The highest BCUT2D eigenvalue weighted by Crippen LogP contribution is 2.40. The van der Waals surface area contributed by atoms with Gasteiger partial charge in [-0.05, 0) is 62.1 Å². The second-order valence-electron chi connectivity index (χ2n) is 12.0. The van der Waals surface area contributed by atoms with E-state index < -0.39 is 30.0 Å². The van der Waals surface area contributed by atoms with Crippen molar-refractivity contribution in [3.8, 4) is 0 Å². The van der Waals surface area contributed by atoms with Crippen molar-refractivity contribution in [1.82, 2.24) is 20.9 Å². The molecule has 2 saturated heterocycles. The summed E-state index contributed by atoms with van der Waals surface area (Å²) in [5.74, 6) is -1.46. The molecule has 2 aromatic rings. The first-order valence-electron chi connectivity index (χ1n) is 15.3. The number of rotatable bonds is 11. The van der Waals surface area contributed by atoms with Crippen LogP contribution in [0.1, 0.15) is 62.5 Å². The molecule has 9 nitrogen and oxygen atoms in total. The van der Waals surface area contributed by atoms with Gasteiger partial charge < -0.3 is 26.0 Å². The third-order valence-electron chi connectivity index (χ3n) is 9.02. The summed E-state index contributed by atoms with van der Waals surface area (Å²) in [4.78, 5) is 54.6. The molecule has 0 aromatic heterocycles. The Morgan fingerprint density at radius 3 is 2.17 bits per heavy atom.